The molecule has 0 bridgehead atoms. The van der Waals surface area contributed by atoms with Crippen LogP contribution >= 0.6 is 0 Å². The van der Waals surface area contributed by atoms with Crippen molar-refractivity contribution in [3.8, 4) is 0 Å². The van der Waals surface area contributed by atoms with Crippen LogP contribution in [-0.2, 0) is 11.3 Å². The minimum Gasteiger partial charge on any atom is -0.379 e. The zero-order chi connectivity index (χ0) is 17.2. The molecule has 6 heteroatoms. The summed E-state index contributed by atoms with van der Waals surface area (Å²) < 4.78 is 7.56. The third-order valence-electron chi connectivity index (χ3n) is 4.53. The number of amides is 1. The first-order valence-corrected chi connectivity index (χ1v) is 8.50. The minimum atomic E-state index is 0.0275. The van der Waals surface area contributed by atoms with E-state index in [0.717, 1.165) is 16.6 Å². The first-order valence-electron chi connectivity index (χ1n) is 8.50. The van der Waals surface area contributed by atoms with Gasteiger partial charge in [0.15, 0.2) is 0 Å². The lowest BCUT2D eigenvalue weighted by Crippen LogP contribution is -2.42. The third-order valence-corrected chi connectivity index (χ3v) is 4.53. The van der Waals surface area contributed by atoms with E-state index >= 15 is 0 Å². The number of hydrogen-bond acceptors (Lipinski definition) is 4. The number of carbonyl (C=O) groups is 1. The number of pyridine rings is 1. The number of benzene rings is 1. The van der Waals surface area contributed by atoms with Crippen molar-refractivity contribution in [2.75, 3.05) is 19.8 Å². The van der Waals surface area contributed by atoms with Crippen LogP contribution in [0.15, 0.2) is 48.8 Å². The topological polar surface area (TPSA) is 60.2 Å². The quantitative estimate of drug-likeness (QED) is 0.735. The van der Waals surface area contributed by atoms with Crippen LogP contribution in [0.2, 0.25) is 0 Å². The lowest BCUT2D eigenvalue weighted by Gasteiger charge is -2.33. The van der Waals surface area contributed by atoms with E-state index in [4.69, 9.17) is 4.74 Å². The predicted octanol–water partition coefficient (Wildman–Crippen LogP) is 2.66. The molecule has 2 aromatic heterocycles. The van der Waals surface area contributed by atoms with E-state index in [1.807, 2.05) is 52.9 Å². The molecule has 1 aliphatic rings. The summed E-state index contributed by atoms with van der Waals surface area (Å²) in [5.74, 6) is 0.0275. The molecule has 128 valence electrons. The smallest absolute Gasteiger partial charge is 0.254 e. The Morgan fingerprint density at radius 3 is 3.08 bits per heavy atom. The average Bonchev–Trinajstić information content (AvgIpc) is 3.13. The van der Waals surface area contributed by atoms with Gasteiger partial charge < -0.3 is 9.64 Å². The number of nitrogens with zero attached hydrogens (tertiary/aromatic N) is 4. The molecule has 4 rings (SSSR count). The molecule has 0 N–H and O–H groups in total. The number of aromatic nitrogens is 3. The second-order valence-corrected chi connectivity index (χ2v) is 6.18. The maximum Gasteiger partial charge on any atom is 0.254 e. The molecule has 1 aliphatic heterocycles. The Labute approximate surface area is 146 Å². The molecule has 1 amide bonds. The summed E-state index contributed by atoms with van der Waals surface area (Å²) >= 11 is 0. The van der Waals surface area contributed by atoms with Gasteiger partial charge in [0.05, 0.1) is 30.4 Å². The highest BCUT2D eigenvalue weighted by molar-refractivity contribution is 5.98. The highest BCUT2D eigenvalue weighted by Crippen LogP contribution is 2.23. The van der Waals surface area contributed by atoms with Crippen LogP contribution in [0.25, 0.3) is 10.9 Å². The van der Waals surface area contributed by atoms with Gasteiger partial charge in [0.2, 0.25) is 0 Å². The van der Waals surface area contributed by atoms with Crippen LogP contribution < -0.4 is 0 Å². The fraction of sp³-hybridized carbons (Fsp3) is 0.316. The molecular formula is C19H20N4O2. The maximum absolute atomic E-state index is 13.0. The molecule has 0 spiro atoms. The van der Waals surface area contributed by atoms with Crippen molar-refractivity contribution in [2.24, 2.45) is 0 Å². The first kappa shape index (κ1) is 15.8. The second-order valence-electron chi connectivity index (χ2n) is 6.18. The second kappa shape index (κ2) is 6.64. The molecular weight excluding hydrogens is 316 g/mol. The van der Waals surface area contributed by atoms with E-state index in [1.54, 1.807) is 12.4 Å². The Bertz CT molecular complexity index is 905. The van der Waals surface area contributed by atoms with Gasteiger partial charge in [0.1, 0.15) is 0 Å². The fourth-order valence-electron chi connectivity index (χ4n) is 3.31. The summed E-state index contributed by atoms with van der Waals surface area (Å²) in [4.78, 5) is 19.2. The largest absolute Gasteiger partial charge is 0.379 e. The van der Waals surface area contributed by atoms with Gasteiger partial charge in [-0.25, -0.2) is 0 Å². The molecule has 0 aliphatic carbocycles. The van der Waals surface area contributed by atoms with Crippen molar-refractivity contribution in [3.63, 3.8) is 0 Å². The SMILES string of the molecule is CCOCC1CN(C(=O)c2ccc3ncccc3c2)Cc2ccnn21. The van der Waals surface area contributed by atoms with Gasteiger partial charge >= 0.3 is 0 Å². The summed E-state index contributed by atoms with van der Waals surface area (Å²) in [5, 5.41) is 5.36. The molecule has 1 unspecified atom stereocenters. The number of hydrogen-bond donors (Lipinski definition) is 0. The lowest BCUT2D eigenvalue weighted by atomic mass is 10.1. The molecule has 1 aromatic carbocycles. The Hall–Kier alpha value is -2.73. The van der Waals surface area contributed by atoms with Crippen molar-refractivity contribution < 1.29 is 9.53 Å². The van der Waals surface area contributed by atoms with Crippen LogP contribution in [0, 0.1) is 0 Å². The Kier molecular flexibility index (Phi) is 4.19. The fourth-order valence-corrected chi connectivity index (χ4v) is 3.31. The molecule has 6 nitrogen and oxygen atoms in total. The van der Waals surface area contributed by atoms with Crippen LogP contribution in [-0.4, -0.2) is 45.3 Å². The Balaban J connectivity index is 1.61. The van der Waals surface area contributed by atoms with Crippen LogP contribution in [0.4, 0.5) is 0 Å². The first-order chi connectivity index (χ1) is 12.3. The minimum absolute atomic E-state index is 0.0275. The highest BCUT2D eigenvalue weighted by atomic mass is 16.5. The summed E-state index contributed by atoms with van der Waals surface area (Å²) in [6, 6.07) is 11.5. The van der Waals surface area contributed by atoms with Crippen molar-refractivity contribution in [2.45, 2.75) is 19.5 Å². The predicted molar refractivity (Wildman–Crippen MR) is 94.2 cm³/mol. The van der Waals surface area contributed by atoms with Gasteiger partial charge in [0.25, 0.3) is 5.91 Å². The zero-order valence-electron chi connectivity index (χ0n) is 14.1. The number of carbonyl (C=O) groups excluding carboxylic acids is 1. The van der Waals surface area contributed by atoms with Crippen molar-refractivity contribution in [1.29, 1.82) is 0 Å². The van der Waals surface area contributed by atoms with Crippen molar-refractivity contribution in [1.82, 2.24) is 19.7 Å². The normalized spacial score (nSPS) is 16.8. The van der Waals surface area contributed by atoms with Crippen LogP contribution in [0.5, 0.6) is 0 Å². The van der Waals surface area contributed by atoms with Gasteiger partial charge in [0, 0.05) is 36.5 Å². The van der Waals surface area contributed by atoms with Crippen molar-refractivity contribution >= 4 is 16.8 Å². The number of rotatable bonds is 4. The van der Waals surface area contributed by atoms with Gasteiger partial charge in [-0.3, -0.25) is 14.5 Å². The van der Waals surface area contributed by atoms with Gasteiger partial charge in [-0.15, -0.1) is 0 Å². The molecule has 0 saturated heterocycles. The highest BCUT2D eigenvalue weighted by Gasteiger charge is 2.29. The molecule has 3 aromatic rings. The molecule has 1 atom stereocenters. The van der Waals surface area contributed by atoms with E-state index in [0.29, 0.717) is 31.9 Å². The lowest BCUT2D eigenvalue weighted by molar-refractivity contribution is 0.0517. The Morgan fingerprint density at radius 1 is 1.28 bits per heavy atom. The summed E-state index contributed by atoms with van der Waals surface area (Å²) in [5.41, 5.74) is 2.61. The summed E-state index contributed by atoms with van der Waals surface area (Å²) in [6.45, 7) is 4.33. The molecule has 25 heavy (non-hydrogen) atoms. The van der Waals surface area contributed by atoms with E-state index in [-0.39, 0.29) is 11.9 Å². The summed E-state index contributed by atoms with van der Waals surface area (Å²) in [6.07, 6.45) is 3.54. The van der Waals surface area contributed by atoms with Gasteiger partial charge in [-0.2, -0.15) is 5.10 Å². The van der Waals surface area contributed by atoms with Crippen LogP contribution in [0.1, 0.15) is 29.0 Å². The number of ether oxygens (including phenoxy) is 1. The molecule has 3 heterocycles. The van der Waals surface area contributed by atoms with E-state index in [9.17, 15) is 4.79 Å². The molecule has 0 radical (unpaired) electrons. The van der Waals surface area contributed by atoms with Crippen LogP contribution in [0.3, 0.4) is 0 Å². The van der Waals surface area contributed by atoms with Crippen molar-refractivity contribution in [3.05, 3.63) is 60.0 Å². The zero-order valence-corrected chi connectivity index (χ0v) is 14.1. The monoisotopic (exact) mass is 336 g/mol. The third kappa shape index (κ3) is 3.00. The molecule has 0 fully saturated rings. The van der Waals surface area contributed by atoms with E-state index in [2.05, 4.69) is 10.1 Å². The summed E-state index contributed by atoms with van der Waals surface area (Å²) in [7, 11) is 0. The maximum atomic E-state index is 13.0. The van der Waals surface area contributed by atoms with Gasteiger partial charge in [-0.1, -0.05) is 6.07 Å². The standard InChI is InChI=1S/C19H20N4O2/c1-2-25-13-17-12-22(11-16-7-9-21-23(16)17)19(24)15-5-6-18-14(10-15)4-3-8-20-18/h3-10,17H,2,11-13H2,1H3. The van der Waals surface area contributed by atoms with E-state index in [1.165, 1.54) is 0 Å². The molecule has 0 saturated carbocycles. The number of fused-ring (bicyclic) bond motifs is 2. The van der Waals surface area contributed by atoms with E-state index < -0.39 is 0 Å². The average molecular weight is 336 g/mol. The van der Waals surface area contributed by atoms with Gasteiger partial charge in [-0.05, 0) is 37.3 Å². The Morgan fingerprint density at radius 2 is 2.20 bits per heavy atom.